The van der Waals surface area contributed by atoms with Gasteiger partial charge < -0.3 is 10.6 Å². The predicted octanol–water partition coefficient (Wildman–Crippen LogP) is 0.582. The molecule has 1 atom stereocenters. The standard InChI is InChI=1S/C15H27N5O/c1-3-5-14(16)15(21)20-7-4-6-19(8-9-20)12-13-10-17-18(2)11-13/h10-11,14H,3-9,12,16H2,1-2H3. The van der Waals surface area contributed by atoms with Gasteiger partial charge >= 0.3 is 0 Å². The summed E-state index contributed by atoms with van der Waals surface area (Å²) in [6.07, 6.45) is 6.68. The molecule has 1 aliphatic rings. The molecule has 118 valence electrons. The summed E-state index contributed by atoms with van der Waals surface area (Å²) in [6, 6.07) is -0.333. The van der Waals surface area contributed by atoms with Crippen LogP contribution in [0, 0.1) is 0 Å². The molecular formula is C15H27N5O. The molecule has 0 bridgehead atoms. The summed E-state index contributed by atoms with van der Waals surface area (Å²) < 4.78 is 1.83. The van der Waals surface area contributed by atoms with Crippen molar-refractivity contribution < 1.29 is 4.79 Å². The van der Waals surface area contributed by atoms with Crippen molar-refractivity contribution in [2.75, 3.05) is 26.2 Å². The van der Waals surface area contributed by atoms with Crippen LogP contribution >= 0.6 is 0 Å². The molecule has 1 unspecified atom stereocenters. The molecule has 21 heavy (non-hydrogen) atoms. The van der Waals surface area contributed by atoms with Crippen molar-refractivity contribution in [2.24, 2.45) is 12.8 Å². The Kier molecular flexibility index (Phi) is 5.76. The van der Waals surface area contributed by atoms with Crippen molar-refractivity contribution in [3.8, 4) is 0 Å². The van der Waals surface area contributed by atoms with E-state index in [-0.39, 0.29) is 11.9 Å². The number of aryl methyl sites for hydroxylation is 1. The van der Waals surface area contributed by atoms with Gasteiger partial charge in [0.2, 0.25) is 5.91 Å². The van der Waals surface area contributed by atoms with Gasteiger partial charge in [-0.1, -0.05) is 13.3 Å². The minimum Gasteiger partial charge on any atom is -0.340 e. The quantitative estimate of drug-likeness (QED) is 0.862. The fourth-order valence-corrected chi connectivity index (χ4v) is 2.83. The molecule has 2 rings (SSSR count). The van der Waals surface area contributed by atoms with Gasteiger partial charge in [0.15, 0.2) is 0 Å². The minimum atomic E-state index is -0.333. The highest BCUT2D eigenvalue weighted by Gasteiger charge is 2.23. The summed E-state index contributed by atoms with van der Waals surface area (Å²) in [6.45, 7) is 6.47. The molecule has 2 N–H and O–H groups in total. The Morgan fingerprint density at radius 1 is 1.38 bits per heavy atom. The lowest BCUT2D eigenvalue weighted by molar-refractivity contribution is -0.132. The molecule has 2 heterocycles. The number of carbonyl (C=O) groups is 1. The third kappa shape index (κ3) is 4.54. The summed E-state index contributed by atoms with van der Waals surface area (Å²) in [5, 5.41) is 4.20. The summed E-state index contributed by atoms with van der Waals surface area (Å²) >= 11 is 0. The van der Waals surface area contributed by atoms with Crippen LogP contribution in [-0.2, 0) is 18.4 Å². The Hall–Kier alpha value is -1.40. The van der Waals surface area contributed by atoms with Crippen molar-refractivity contribution in [2.45, 2.75) is 38.8 Å². The van der Waals surface area contributed by atoms with Gasteiger partial charge in [-0.05, 0) is 12.8 Å². The van der Waals surface area contributed by atoms with E-state index in [1.54, 1.807) is 0 Å². The first-order chi connectivity index (χ1) is 10.1. The van der Waals surface area contributed by atoms with Crippen molar-refractivity contribution in [1.82, 2.24) is 19.6 Å². The third-order valence-electron chi connectivity index (χ3n) is 3.98. The van der Waals surface area contributed by atoms with E-state index in [0.29, 0.717) is 0 Å². The number of hydrogen-bond donors (Lipinski definition) is 1. The number of carbonyl (C=O) groups excluding carboxylic acids is 1. The summed E-state index contributed by atoms with van der Waals surface area (Å²) in [4.78, 5) is 16.6. The first-order valence-corrected chi connectivity index (χ1v) is 7.84. The Labute approximate surface area is 126 Å². The largest absolute Gasteiger partial charge is 0.340 e. The zero-order chi connectivity index (χ0) is 15.2. The van der Waals surface area contributed by atoms with Crippen molar-refractivity contribution in [1.29, 1.82) is 0 Å². The zero-order valence-corrected chi connectivity index (χ0v) is 13.2. The van der Waals surface area contributed by atoms with Gasteiger partial charge in [-0.15, -0.1) is 0 Å². The first-order valence-electron chi connectivity index (χ1n) is 7.84. The smallest absolute Gasteiger partial charge is 0.239 e. The fourth-order valence-electron chi connectivity index (χ4n) is 2.83. The van der Waals surface area contributed by atoms with Gasteiger partial charge in [-0.25, -0.2) is 0 Å². The highest BCUT2D eigenvalue weighted by atomic mass is 16.2. The predicted molar refractivity (Wildman–Crippen MR) is 82.6 cm³/mol. The second kappa shape index (κ2) is 7.56. The van der Waals surface area contributed by atoms with E-state index >= 15 is 0 Å². The molecule has 1 aliphatic heterocycles. The lowest BCUT2D eigenvalue weighted by Crippen LogP contribution is -2.45. The van der Waals surface area contributed by atoms with Crippen LogP contribution in [0.1, 0.15) is 31.7 Å². The van der Waals surface area contributed by atoms with Crippen LogP contribution in [0.2, 0.25) is 0 Å². The van der Waals surface area contributed by atoms with Gasteiger partial charge in [0.25, 0.3) is 0 Å². The highest BCUT2D eigenvalue weighted by Crippen LogP contribution is 2.10. The van der Waals surface area contributed by atoms with Crippen molar-refractivity contribution in [3.05, 3.63) is 18.0 Å². The molecule has 1 fully saturated rings. The van der Waals surface area contributed by atoms with E-state index in [0.717, 1.165) is 52.0 Å². The van der Waals surface area contributed by atoms with Gasteiger partial charge in [0.05, 0.1) is 12.2 Å². The minimum absolute atomic E-state index is 0.111. The van der Waals surface area contributed by atoms with Crippen LogP contribution in [0.3, 0.4) is 0 Å². The molecule has 6 nitrogen and oxygen atoms in total. The molecule has 1 saturated heterocycles. The molecule has 0 saturated carbocycles. The van der Waals surface area contributed by atoms with E-state index in [1.807, 2.05) is 29.0 Å². The number of aromatic nitrogens is 2. The Balaban J connectivity index is 1.85. The number of nitrogens with zero attached hydrogens (tertiary/aromatic N) is 4. The lowest BCUT2D eigenvalue weighted by atomic mass is 10.1. The second-order valence-electron chi connectivity index (χ2n) is 5.87. The molecule has 6 heteroatoms. The molecule has 1 amide bonds. The van der Waals surface area contributed by atoms with Crippen LogP contribution in [0.5, 0.6) is 0 Å². The van der Waals surface area contributed by atoms with Crippen molar-refractivity contribution in [3.63, 3.8) is 0 Å². The third-order valence-corrected chi connectivity index (χ3v) is 3.98. The average Bonchev–Trinajstić information content (AvgIpc) is 2.73. The normalized spacial score (nSPS) is 18.5. The molecule has 1 aromatic heterocycles. The maximum Gasteiger partial charge on any atom is 0.239 e. The average molecular weight is 293 g/mol. The molecule has 0 aliphatic carbocycles. The monoisotopic (exact) mass is 293 g/mol. The second-order valence-corrected chi connectivity index (χ2v) is 5.87. The number of nitrogens with two attached hydrogens (primary N) is 1. The lowest BCUT2D eigenvalue weighted by Gasteiger charge is -2.24. The van der Waals surface area contributed by atoms with Crippen LogP contribution in [0.15, 0.2) is 12.4 Å². The van der Waals surface area contributed by atoms with Crippen molar-refractivity contribution >= 4 is 5.91 Å². The maximum absolute atomic E-state index is 12.3. The summed E-state index contributed by atoms with van der Waals surface area (Å²) in [7, 11) is 1.93. The molecule has 0 aromatic carbocycles. The Bertz CT molecular complexity index is 459. The van der Waals surface area contributed by atoms with Crippen LogP contribution in [-0.4, -0.2) is 57.7 Å². The fraction of sp³-hybridized carbons (Fsp3) is 0.733. The number of amides is 1. The van der Waals surface area contributed by atoms with Crippen LogP contribution in [0.25, 0.3) is 0 Å². The van der Waals surface area contributed by atoms with Crippen LogP contribution in [0.4, 0.5) is 0 Å². The Morgan fingerprint density at radius 2 is 2.19 bits per heavy atom. The summed E-state index contributed by atoms with van der Waals surface area (Å²) in [5.74, 6) is 0.111. The van der Waals surface area contributed by atoms with Gasteiger partial charge in [0.1, 0.15) is 0 Å². The van der Waals surface area contributed by atoms with Gasteiger partial charge in [0, 0.05) is 51.5 Å². The topological polar surface area (TPSA) is 67.4 Å². The van der Waals surface area contributed by atoms with E-state index in [1.165, 1.54) is 5.56 Å². The number of rotatable bonds is 5. The van der Waals surface area contributed by atoms with E-state index < -0.39 is 0 Å². The summed E-state index contributed by atoms with van der Waals surface area (Å²) in [5.41, 5.74) is 7.18. The number of hydrogen-bond acceptors (Lipinski definition) is 4. The zero-order valence-electron chi connectivity index (χ0n) is 13.2. The Morgan fingerprint density at radius 3 is 2.86 bits per heavy atom. The molecule has 0 spiro atoms. The maximum atomic E-state index is 12.3. The molecular weight excluding hydrogens is 266 g/mol. The van der Waals surface area contributed by atoms with E-state index in [9.17, 15) is 4.79 Å². The van der Waals surface area contributed by atoms with Gasteiger partial charge in [-0.2, -0.15) is 5.10 Å². The first kappa shape index (κ1) is 16.0. The van der Waals surface area contributed by atoms with Crippen LogP contribution < -0.4 is 5.73 Å². The van der Waals surface area contributed by atoms with E-state index in [4.69, 9.17) is 5.73 Å². The molecule has 1 aromatic rings. The van der Waals surface area contributed by atoms with E-state index in [2.05, 4.69) is 16.9 Å². The SMILES string of the molecule is CCCC(N)C(=O)N1CCCN(Cc2cnn(C)c2)CC1. The highest BCUT2D eigenvalue weighted by molar-refractivity contribution is 5.81. The molecule has 0 radical (unpaired) electrons. The van der Waals surface area contributed by atoms with Gasteiger partial charge in [-0.3, -0.25) is 14.4 Å².